The van der Waals surface area contributed by atoms with Crippen molar-refractivity contribution in [1.29, 1.82) is 0 Å². The lowest BCUT2D eigenvalue weighted by atomic mass is 9.78. The summed E-state index contributed by atoms with van der Waals surface area (Å²) in [6.45, 7) is 8.26. The minimum atomic E-state index is -0.353. The molecule has 2 aromatic heterocycles. The van der Waals surface area contributed by atoms with Crippen LogP contribution in [0.5, 0.6) is 0 Å². The Morgan fingerprint density at radius 1 is 0.840 bits per heavy atom. The van der Waals surface area contributed by atoms with Gasteiger partial charge in [-0.1, -0.05) is 18.2 Å². The fraction of sp³-hybridized carbons (Fsp3) is 0.300. The highest BCUT2D eigenvalue weighted by Crippen LogP contribution is 2.36. The van der Waals surface area contributed by atoms with Crippen molar-refractivity contribution in [2.45, 2.75) is 38.9 Å². The van der Waals surface area contributed by atoms with Gasteiger partial charge in [-0.05, 0) is 62.8 Å². The molecule has 0 saturated carbocycles. The molecule has 0 N–H and O–H groups in total. The Hall–Kier alpha value is -2.24. The molecular formula is C20H21BN2O2. The van der Waals surface area contributed by atoms with Gasteiger partial charge in [-0.25, -0.2) is 4.98 Å². The number of hydrogen-bond acceptors (Lipinski definition) is 4. The predicted octanol–water partition coefficient (Wildman–Crippen LogP) is 3.60. The summed E-state index contributed by atoms with van der Waals surface area (Å²) in [5.41, 5.74) is 3.30. The third-order valence-corrected chi connectivity index (χ3v) is 5.21. The number of fused-ring (bicyclic) bond motifs is 1. The Balaban J connectivity index is 1.68. The van der Waals surface area contributed by atoms with E-state index in [0.717, 1.165) is 27.6 Å². The van der Waals surface area contributed by atoms with E-state index < -0.39 is 0 Å². The fourth-order valence-electron chi connectivity index (χ4n) is 2.95. The van der Waals surface area contributed by atoms with Crippen LogP contribution in [0.4, 0.5) is 0 Å². The summed E-state index contributed by atoms with van der Waals surface area (Å²) < 4.78 is 12.3. The summed E-state index contributed by atoms with van der Waals surface area (Å²) in [6, 6.07) is 14.2. The second-order valence-corrected chi connectivity index (χ2v) is 7.47. The topological polar surface area (TPSA) is 44.2 Å². The van der Waals surface area contributed by atoms with Gasteiger partial charge in [-0.15, -0.1) is 0 Å². The molecule has 1 aliphatic rings. The molecule has 4 rings (SSSR count). The molecule has 4 nitrogen and oxygen atoms in total. The van der Waals surface area contributed by atoms with Gasteiger partial charge < -0.3 is 9.31 Å². The molecule has 1 aromatic carbocycles. The number of nitrogens with zero attached hydrogens (tertiary/aromatic N) is 2. The van der Waals surface area contributed by atoms with Gasteiger partial charge in [0.1, 0.15) is 0 Å². The van der Waals surface area contributed by atoms with Crippen molar-refractivity contribution < 1.29 is 9.31 Å². The van der Waals surface area contributed by atoms with E-state index in [1.165, 1.54) is 0 Å². The predicted molar refractivity (Wildman–Crippen MR) is 101 cm³/mol. The molecule has 1 aliphatic heterocycles. The van der Waals surface area contributed by atoms with E-state index in [2.05, 4.69) is 44.8 Å². The normalized spacial score (nSPS) is 18.6. The van der Waals surface area contributed by atoms with Gasteiger partial charge in [-0.2, -0.15) is 0 Å². The molecule has 25 heavy (non-hydrogen) atoms. The zero-order valence-electron chi connectivity index (χ0n) is 15.0. The summed E-state index contributed by atoms with van der Waals surface area (Å²) in [7, 11) is -0.353. The molecule has 0 amide bonds. The van der Waals surface area contributed by atoms with E-state index in [4.69, 9.17) is 14.3 Å². The van der Waals surface area contributed by atoms with E-state index in [1.54, 1.807) is 12.4 Å². The molecular weight excluding hydrogens is 311 g/mol. The Morgan fingerprint density at radius 2 is 1.52 bits per heavy atom. The number of rotatable bonds is 2. The largest absolute Gasteiger partial charge is 0.494 e. The first-order valence-corrected chi connectivity index (χ1v) is 8.52. The van der Waals surface area contributed by atoms with Crippen LogP contribution in [-0.2, 0) is 9.31 Å². The molecule has 5 heteroatoms. The van der Waals surface area contributed by atoms with Crippen LogP contribution >= 0.6 is 0 Å². The molecule has 0 bridgehead atoms. The summed E-state index contributed by atoms with van der Waals surface area (Å²) in [4.78, 5) is 8.82. The van der Waals surface area contributed by atoms with Crippen LogP contribution in [0.1, 0.15) is 27.7 Å². The van der Waals surface area contributed by atoms with Crippen molar-refractivity contribution >= 4 is 23.5 Å². The second kappa shape index (κ2) is 5.65. The molecule has 0 unspecified atom stereocenters. The quantitative estimate of drug-likeness (QED) is 0.673. The lowest BCUT2D eigenvalue weighted by molar-refractivity contribution is 0.00578. The molecule has 0 spiro atoms. The first kappa shape index (κ1) is 16.2. The van der Waals surface area contributed by atoms with Crippen molar-refractivity contribution in [3.8, 4) is 11.3 Å². The maximum Gasteiger partial charge on any atom is 0.494 e. The van der Waals surface area contributed by atoms with E-state index >= 15 is 0 Å². The second-order valence-electron chi connectivity index (χ2n) is 7.47. The average molecular weight is 332 g/mol. The zero-order chi connectivity index (χ0) is 17.7. The Labute approximate surface area is 148 Å². The van der Waals surface area contributed by atoms with Crippen LogP contribution in [0.3, 0.4) is 0 Å². The smallest absolute Gasteiger partial charge is 0.399 e. The lowest BCUT2D eigenvalue weighted by Crippen LogP contribution is -2.41. The molecule has 3 heterocycles. The van der Waals surface area contributed by atoms with Gasteiger partial charge in [-0.3, -0.25) is 4.98 Å². The van der Waals surface area contributed by atoms with Crippen molar-refractivity contribution in [1.82, 2.24) is 9.97 Å². The standard InChI is InChI=1S/C20H21BN2O2/c1-19(2)20(3,4)25-21(24-19)16-6-8-18-15(13-16)5-7-17(23-18)14-9-11-22-12-10-14/h5-13H,1-4H3. The van der Waals surface area contributed by atoms with Crippen LogP contribution in [0.25, 0.3) is 22.2 Å². The molecule has 0 atom stereocenters. The maximum absolute atomic E-state index is 6.14. The average Bonchev–Trinajstić information content (AvgIpc) is 2.82. The number of aromatic nitrogens is 2. The van der Waals surface area contributed by atoms with Gasteiger partial charge in [0, 0.05) is 18.0 Å². The molecule has 0 aliphatic carbocycles. The SMILES string of the molecule is CC1(C)OB(c2ccc3nc(-c4ccncc4)ccc3c2)OC1(C)C. The molecule has 3 aromatic rings. The third-order valence-electron chi connectivity index (χ3n) is 5.21. The van der Waals surface area contributed by atoms with Crippen molar-refractivity contribution in [3.05, 3.63) is 54.9 Å². The number of benzene rings is 1. The summed E-state index contributed by atoms with van der Waals surface area (Å²) in [5.74, 6) is 0. The van der Waals surface area contributed by atoms with Crippen LogP contribution in [-0.4, -0.2) is 28.3 Å². The molecule has 126 valence electrons. The highest BCUT2D eigenvalue weighted by Gasteiger charge is 2.51. The highest BCUT2D eigenvalue weighted by molar-refractivity contribution is 6.62. The Morgan fingerprint density at radius 3 is 2.20 bits per heavy atom. The van der Waals surface area contributed by atoms with Gasteiger partial charge >= 0.3 is 7.12 Å². The Bertz CT molecular complexity index is 909. The van der Waals surface area contributed by atoms with Crippen LogP contribution in [0.2, 0.25) is 0 Å². The van der Waals surface area contributed by atoms with Gasteiger partial charge in [0.05, 0.1) is 22.4 Å². The monoisotopic (exact) mass is 332 g/mol. The van der Waals surface area contributed by atoms with E-state index in [9.17, 15) is 0 Å². The first-order valence-electron chi connectivity index (χ1n) is 8.52. The number of pyridine rings is 2. The van der Waals surface area contributed by atoms with Crippen molar-refractivity contribution in [2.24, 2.45) is 0 Å². The summed E-state index contributed by atoms with van der Waals surface area (Å²) in [5, 5.41) is 1.07. The fourth-order valence-corrected chi connectivity index (χ4v) is 2.95. The van der Waals surface area contributed by atoms with Gasteiger partial charge in [0.25, 0.3) is 0 Å². The zero-order valence-corrected chi connectivity index (χ0v) is 15.0. The summed E-state index contributed by atoms with van der Waals surface area (Å²) >= 11 is 0. The minimum absolute atomic E-state index is 0.337. The Kier molecular flexibility index (Phi) is 3.67. The van der Waals surface area contributed by atoms with Gasteiger partial charge in [0.15, 0.2) is 0 Å². The van der Waals surface area contributed by atoms with Crippen molar-refractivity contribution in [2.75, 3.05) is 0 Å². The van der Waals surface area contributed by atoms with E-state index in [-0.39, 0.29) is 18.3 Å². The van der Waals surface area contributed by atoms with Crippen molar-refractivity contribution in [3.63, 3.8) is 0 Å². The number of hydrogen-bond donors (Lipinski definition) is 0. The van der Waals surface area contributed by atoms with Crippen LogP contribution < -0.4 is 5.46 Å². The molecule has 0 radical (unpaired) electrons. The lowest BCUT2D eigenvalue weighted by Gasteiger charge is -2.32. The first-order chi connectivity index (χ1) is 11.9. The van der Waals surface area contributed by atoms with E-state index in [0.29, 0.717) is 0 Å². The third kappa shape index (κ3) is 2.83. The highest BCUT2D eigenvalue weighted by atomic mass is 16.7. The molecule has 1 fully saturated rings. The van der Waals surface area contributed by atoms with E-state index in [1.807, 2.05) is 30.3 Å². The van der Waals surface area contributed by atoms with Crippen LogP contribution in [0, 0.1) is 0 Å². The van der Waals surface area contributed by atoms with Crippen LogP contribution in [0.15, 0.2) is 54.9 Å². The summed E-state index contributed by atoms with van der Waals surface area (Å²) in [6.07, 6.45) is 3.56. The van der Waals surface area contributed by atoms with Gasteiger partial charge in [0.2, 0.25) is 0 Å². The maximum atomic E-state index is 6.14. The minimum Gasteiger partial charge on any atom is -0.399 e. The molecule has 1 saturated heterocycles.